The van der Waals surface area contributed by atoms with Gasteiger partial charge in [-0.2, -0.15) is 13.2 Å². The Morgan fingerprint density at radius 3 is 2.62 bits per heavy atom. The van der Waals surface area contributed by atoms with Crippen LogP contribution in [0, 0.1) is 5.92 Å². The van der Waals surface area contributed by atoms with Gasteiger partial charge >= 0.3 is 6.18 Å². The molecule has 39 heavy (non-hydrogen) atoms. The first-order valence-corrected chi connectivity index (χ1v) is 15.4. The smallest absolute Gasteiger partial charge is 0.419 e. The van der Waals surface area contributed by atoms with Gasteiger partial charge in [0.05, 0.1) is 24.1 Å². The summed E-state index contributed by atoms with van der Waals surface area (Å²) >= 11 is 0. The van der Waals surface area contributed by atoms with Gasteiger partial charge in [0, 0.05) is 66.1 Å². The number of halogens is 3. The number of ether oxygens (including phenoxy) is 1. The van der Waals surface area contributed by atoms with Crippen LogP contribution in [-0.4, -0.2) is 77.0 Å². The van der Waals surface area contributed by atoms with E-state index in [2.05, 4.69) is 38.3 Å². The number of anilines is 3. The zero-order chi connectivity index (χ0) is 28.4. The van der Waals surface area contributed by atoms with Crippen molar-refractivity contribution < 1.29 is 22.1 Å². The first kappa shape index (κ1) is 29.4. The molecule has 216 valence electrons. The number of aromatic nitrogens is 2. The minimum atomic E-state index is -4.59. The van der Waals surface area contributed by atoms with Crippen LogP contribution in [0.5, 0.6) is 5.75 Å². The molecule has 0 bridgehead atoms. The molecular formula is C27H39F3N6O2S. The fourth-order valence-electron chi connectivity index (χ4n) is 5.62. The van der Waals surface area contributed by atoms with E-state index in [4.69, 9.17) is 4.74 Å². The van der Waals surface area contributed by atoms with Crippen molar-refractivity contribution in [3.8, 4) is 5.75 Å². The van der Waals surface area contributed by atoms with E-state index in [0.717, 1.165) is 69.3 Å². The van der Waals surface area contributed by atoms with E-state index in [1.165, 1.54) is 0 Å². The van der Waals surface area contributed by atoms with Gasteiger partial charge in [-0.3, -0.25) is 4.21 Å². The van der Waals surface area contributed by atoms with Gasteiger partial charge in [-0.15, -0.1) is 0 Å². The minimum absolute atomic E-state index is 0.0657. The van der Waals surface area contributed by atoms with Crippen LogP contribution >= 0.6 is 0 Å². The maximum atomic E-state index is 14.0. The molecule has 12 heteroatoms. The van der Waals surface area contributed by atoms with Crippen molar-refractivity contribution in [1.82, 2.24) is 19.6 Å². The molecule has 2 aliphatic rings. The summed E-state index contributed by atoms with van der Waals surface area (Å²) in [5.41, 5.74) is 1.87. The molecule has 3 atom stereocenters. The van der Waals surface area contributed by atoms with Crippen LogP contribution in [0.1, 0.15) is 43.0 Å². The van der Waals surface area contributed by atoms with E-state index in [1.54, 1.807) is 24.7 Å². The van der Waals surface area contributed by atoms with Crippen LogP contribution in [0.3, 0.4) is 0 Å². The van der Waals surface area contributed by atoms with E-state index in [1.807, 2.05) is 12.1 Å². The Bertz CT molecular complexity index is 1260. The highest BCUT2D eigenvalue weighted by Gasteiger charge is 2.38. The summed E-state index contributed by atoms with van der Waals surface area (Å²) in [7, 11) is 0.821. The Labute approximate surface area is 229 Å². The molecular weight excluding hydrogens is 529 g/mol. The number of hydrogen-bond acceptors (Lipinski definition) is 7. The fraction of sp³-hybridized carbons (Fsp3) is 0.593. The molecule has 1 aliphatic carbocycles. The quantitative estimate of drug-likeness (QED) is 0.441. The molecule has 1 aliphatic heterocycles. The van der Waals surface area contributed by atoms with Crippen molar-refractivity contribution in [2.75, 3.05) is 56.8 Å². The van der Waals surface area contributed by atoms with E-state index in [9.17, 15) is 17.4 Å². The third-order valence-electron chi connectivity index (χ3n) is 7.81. The van der Waals surface area contributed by atoms with Crippen molar-refractivity contribution in [1.29, 1.82) is 0 Å². The summed E-state index contributed by atoms with van der Waals surface area (Å²) in [5.74, 6) is 4.28. The molecule has 1 aromatic heterocycles. The third kappa shape index (κ3) is 6.78. The molecule has 1 saturated heterocycles. The Hall–Kier alpha value is -2.57. The number of aryl methyl sites for hydroxylation is 1. The summed E-state index contributed by atoms with van der Waals surface area (Å²) in [4.78, 5) is 10.7. The topological polar surface area (TPSA) is 82.6 Å². The van der Waals surface area contributed by atoms with Gasteiger partial charge in [0.1, 0.15) is 5.75 Å². The van der Waals surface area contributed by atoms with Crippen molar-refractivity contribution in [2.24, 2.45) is 5.92 Å². The first-order valence-electron chi connectivity index (χ1n) is 13.3. The average molecular weight is 569 g/mol. The maximum absolute atomic E-state index is 14.0. The Kier molecular flexibility index (Phi) is 8.97. The van der Waals surface area contributed by atoms with E-state index in [0.29, 0.717) is 11.4 Å². The number of piperazine rings is 1. The second-order valence-electron chi connectivity index (χ2n) is 10.4. The summed E-state index contributed by atoms with van der Waals surface area (Å²) < 4.78 is 61.9. The molecule has 1 aromatic carbocycles. The standard InChI is InChI=1S/C27H39F3N6O2S/c1-6-18-14-22(25(38-3)16-24(18)36-12-10-31-11-13-36)34-26-32-17-20(27(28,29)30)21(33-26)15-19-8-7-9-23(19)35(2)39(4,5)37/h14,16-17,19,23,31H,4,6-13,15H2,1-3,5H3,(H,32,33,34)/t19-,23+,39?/m0/s1. The maximum Gasteiger partial charge on any atom is 0.419 e. The predicted molar refractivity (Wildman–Crippen MR) is 152 cm³/mol. The van der Waals surface area contributed by atoms with Crippen LogP contribution in [0.2, 0.25) is 0 Å². The van der Waals surface area contributed by atoms with Crippen LogP contribution in [-0.2, 0) is 28.7 Å². The molecule has 2 N–H and O–H groups in total. The van der Waals surface area contributed by atoms with Crippen LogP contribution in [0.25, 0.3) is 0 Å². The highest BCUT2D eigenvalue weighted by Crippen LogP contribution is 2.39. The van der Waals surface area contributed by atoms with Gasteiger partial charge in [-0.05, 0) is 56.1 Å². The van der Waals surface area contributed by atoms with Crippen LogP contribution < -0.4 is 20.3 Å². The molecule has 2 heterocycles. The number of methoxy groups -OCH3 is 1. The summed E-state index contributed by atoms with van der Waals surface area (Å²) in [6.45, 7) is 5.63. The molecule has 4 rings (SSSR count). The second-order valence-corrected chi connectivity index (χ2v) is 12.9. The highest BCUT2D eigenvalue weighted by atomic mass is 32.2. The number of nitrogens with zero attached hydrogens (tertiary/aromatic N) is 4. The first-order chi connectivity index (χ1) is 18.4. The monoisotopic (exact) mass is 568 g/mol. The second kappa shape index (κ2) is 11.9. The SMILES string of the molecule is C=S(C)(=O)N(C)[C@@H]1CCC[C@H]1Cc1nc(Nc2cc(CC)c(N3CCNCC3)cc2OC)ncc1C(F)(F)F. The van der Waals surface area contributed by atoms with Gasteiger partial charge in [-0.25, -0.2) is 14.3 Å². The van der Waals surface area contributed by atoms with Crippen LogP contribution in [0.15, 0.2) is 18.3 Å². The number of alkyl halides is 3. The number of rotatable bonds is 9. The summed E-state index contributed by atoms with van der Waals surface area (Å²) in [6.07, 6.45) is 1.05. The zero-order valence-corrected chi connectivity index (χ0v) is 23.9. The third-order valence-corrected chi connectivity index (χ3v) is 9.30. The Morgan fingerprint density at radius 1 is 1.28 bits per heavy atom. The lowest BCUT2D eigenvalue weighted by molar-refractivity contribution is -0.138. The minimum Gasteiger partial charge on any atom is -0.494 e. The van der Waals surface area contributed by atoms with Crippen molar-refractivity contribution >= 4 is 32.9 Å². The lowest BCUT2D eigenvalue weighted by Gasteiger charge is -2.32. The molecule has 2 fully saturated rings. The summed E-state index contributed by atoms with van der Waals surface area (Å²) in [5, 5.41) is 6.47. The Morgan fingerprint density at radius 2 is 2.00 bits per heavy atom. The summed E-state index contributed by atoms with van der Waals surface area (Å²) in [6, 6.07) is 3.81. The number of hydrogen-bond donors (Lipinski definition) is 2. The molecule has 0 amide bonds. The predicted octanol–water partition coefficient (Wildman–Crippen LogP) is 4.12. The van der Waals surface area contributed by atoms with E-state index < -0.39 is 21.4 Å². The fourth-order valence-corrected chi connectivity index (χ4v) is 6.47. The van der Waals surface area contributed by atoms with Gasteiger partial charge < -0.3 is 20.3 Å². The van der Waals surface area contributed by atoms with Gasteiger partial charge in [-0.1, -0.05) is 13.3 Å². The van der Waals surface area contributed by atoms with Gasteiger partial charge in [0.2, 0.25) is 5.95 Å². The molecule has 2 aromatic rings. The Balaban J connectivity index is 1.66. The van der Waals surface area contributed by atoms with E-state index in [-0.39, 0.29) is 30.0 Å². The lowest BCUT2D eigenvalue weighted by Crippen LogP contribution is -2.43. The molecule has 1 saturated carbocycles. The average Bonchev–Trinajstić information content (AvgIpc) is 3.35. The molecule has 0 spiro atoms. The highest BCUT2D eigenvalue weighted by molar-refractivity contribution is 7.97. The zero-order valence-electron chi connectivity index (χ0n) is 23.1. The van der Waals surface area contributed by atoms with Crippen molar-refractivity contribution in [3.63, 3.8) is 0 Å². The van der Waals surface area contributed by atoms with Crippen molar-refractivity contribution in [2.45, 2.75) is 51.2 Å². The van der Waals surface area contributed by atoms with Crippen LogP contribution in [0.4, 0.5) is 30.5 Å². The molecule has 8 nitrogen and oxygen atoms in total. The largest absolute Gasteiger partial charge is 0.494 e. The van der Waals surface area contributed by atoms with E-state index >= 15 is 0 Å². The lowest BCUT2D eigenvalue weighted by atomic mass is 9.95. The van der Waals surface area contributed by atoms with Crippen molar-refractivity contribution in [3.05, 3.63) is 35.2 Å². The molecule has 0 radical (unpaired) electrons. The van der Waals surface area contributed by atoms with Gasteiger partial charge in [0.25, 0.3) is 0 Å². The number of nitrogens with one attached hydrogen (secondary N) is 2. The van der Waals surface area contributed by atoms with Gasteiger partial charge in [0.15, 0.2) is 0 Å². The number of benzene rings is 1. The normalized spacial score (nSPS) is 21.7. The molecule has 1 unspecified atom stereocenters.